The molecule has 0 bridgehead atoms. The molecule has 11 heteroatoms. The van der Waals surface area contributed by atoms with Gasteiger partial charge in [-0.2, -0.15) is 0 Å². The summed E-state index contributed by atoms with van der Waals surface area (Å²) in [6.07, 6.45) is 0. The molecule has 0 fully saturated rings. The molecule has 184 valence electrons. The summed E-state index contributed by atoms with van der Waals surface area (Å²) in [7, 11) is 0. The highest BCUT2D eigenvalue weighted by Gasteiger charge is 2.19. The molecule has 0 amide bonds. The molecule has 0 heterocycles. The quantitative estimate of drug-likeness (QED) is 0.142. The minimum atomic E-state index is 0. The zero-order chi connectivity index (χ0) is 25.2. The number of benzene rings is 4. The molecule has 0 aliphatic heterocycles. The van der Waals surface area contributed by atoms with Gasteiger partial charge in [-0.1, -0.05) is 60.7 Å². The van der Waals surface area contributed by atoms with Crippen molar-refractivity contribution in [1.82, 2.24) is 0 Å². The van der Waals surface area contributed by atoms with E-state index in [0.29, 0.717) is 0 Å². The van der Waals surface area contributed by atoms with E-state index in [9.17, 15) is 0 Å². The van der Waals surface area contributed by atoms with E-state index in [0.717, 1.165) is 67.0 Å². The Balaban J connectivity index is 0.000000240. The van der Waals surface area contributed by atoms with Crippen molar-refractivity contribution < 1.29 is 5.48 Å². The highest BCUT2D eigenvalue weighted by molar-refractivity contribution is 9.16. The van der Waals surface area contributed by atoms with Gasteiger partial charge in [0, 0.05) is 55.9 Å². The lowest BCUT2D eigenvalue weighted by molar-refractivity contribution is 0.824. The molecule has 0 radical (unpaired) electrons. The number of halogens is 10. The van der Waals surface area contributed by atoms with Crippen LogP contribution in [0.2, 0.25) is 0 Å². The second kappa shape index (κ2) is 14.9. The first-order valence-corrected chi connectivity index (χ1v) is 17.1. The normalized spacial score (nSPS) is 10.3. The van der Waals surface area contributed by atoms with Crippen LogP contribution in [0.3, 0.4) is 0 Å². The van der Waals surface area contributed by atoms with Crippen LogP contribution in [0, 0.1) is 0 Å². The summed E-state index contributed by atoms with van der Waals surface area (Å²) in [6, 6.07) is 20.4. The second-order valence-electron chi connectivity index (χ2n) is 6.62. The van der Waals surface area contributed by atoms with Crippen LogP contribution in [0.4, 0.5) is 0 Å². The predicted octanol–water partition coefficient (Wildman–Crippen LogP) is 13.5. The molecule has 0 saturated heterocycles. The van der Waals surface area contributed by atoms with Crippen LogP contribution in [0.15, 0.2) is 105 Å². The van der Waals surface area contributed by atoms with E-state index in [4.69, 9.17) is 0 Å². The number of rotatable bonds is 2. The minimum absolute atomic E-state index is 0. The Hall–Kier alpha value is 1.64. The fourth-order valence-corrected chi connectivity index (χ4v) is 9.94. The van der Waals surface area contributed by atoms with Crippen molar-refractivity contribution in [3.05, 3.63) is 105 Å². The van der Waals surface area contributed by atoms with Crippen LogP contribution in [0.25, 0.3) is 22.3 Å². The average molecular weight is 1120 g/mol. The van der Waals surface area contributed by atoms with E-state index in [-0.39, 0.29) is 5.48 Å². The van der Waals surface area contributed by atoms with Gasteiger partial charge in [0.25, 0.3) is 0 Å². The summed E-state index contributed by atoms with van der Waals surface area (Å²) in [6.45, 7) is 0. The minimum Gasteiger partial charge on any atom is -0.412 e. The fraction of sp³-hybridized carbons (Fsp3) is 0. The van der Waals surface area contributed by atoms with E-state index in [1.165, 1.54) is 0 Å². The van der Waals surface area contributed by atoms with Crippen LogP contribution >= 0.6 is 159 Å². The van der Waals surface area contributed by atoms with Gasteiger partial charge in [0.1, 0.15) is 0 Å². The molecular weight excluding hydrogens is 1100 g/mol. The molecule has 0 aromatic heterocycles. The van der Waals surface area contributed by atoms with E-state index in [2.05, 4.69) is 184 Å². The molecule has 0 unspecified atom stereocenters. The molecule has 4 aromatic carbocycles. The largest absolute Gasteiger partial charge is 0.412 e. The zero-order valence-corrected chi connectivity index (χ0v) is 32.9. The third-order valence-corrected chi connectivity index (χ3v) is 16.7. The summed E-state index contributed by atoms with van der Waals surface area (Å²) in [5, 5.41) is 0. The van der Waals surface area contributed by atoms with Crippen molar-refractivity contribution in [3.8, 4) is 22.3 Å². The Morgan fingerprint density at radius 3 is 0.714 bits per heavy atom. The molecule has 0 aliphatic rings. The molecule has 0 atom stereocenters. The lowest BCUT2D eigenvalue weighted by atomic mass is 10.1. The van der Waals surface area contributed by atoms with Crippen molar-refractivity contribution >= 4 is 159 Å². The lowest BCUT2D eigenvalue weighted by Crippen LogP contribution is -1.87. The van der Waals surface area contributed by atoms with Gasteiger partial charge in [0.2, 0.25) is 0 Å². The zero-order valence-electron chi connectivity index (χ0n) is 17.1. The first-order valence-electron chi connectivity index (χ1n) is 9.21. The standard InChI is InChI=1S/2C12H5Br5.H2O/c2*13-8-7(6-4-2-1-3-5-6)9(14)11(16)12(17)10(8)15;/h2*1-5H;1H2. The summed E-state index contributed by atoms with van der Waals surface area (Å²) < 4.78 is 10.0. The van der Waals surface area contributed by atoms with Gasteiger partial charge >= 0.3 is 0 Å². The maximum atomic E-state index is 3.63. The first kappa shape index (κ1) is 32.8. The predicted molar refractivity (Wildman–Crippen MR) is 184 cm³/mol. The van der Waals surface area contributed by atoms with Gasteiger partial charge in [-0.15, -0.1) is 0 Å². The third-order valence-electron chi connectivity index (χ3n) is 4.54. The molecule has 0 saturated carbocycles. The first-order chi connectivity index (χ1) is 16.1. The Labute approximate surface area is 288 Å². The Bertz CT molecular complexity index is 1180. The van der Waals surface area contributed by atoms with Crippen molar-refractivity contribution in [1.29, 1.82) is 0 Å². The molecule has 0 spiro atoms. The molecule has 1 nitrogen and oxygen atoms in total. The van der Waals surface area contributed by atoms with Gasteiger partial charge in [-0.05, 0) is 170 Å². The maximum absolute atomic E-state index is 3.63. The number of hydrogen-bond donors (Lipinski definition) is 0. The lowest BCUT2D eigenvalue weighted by Gasteiger charge is -2.13. The Kier molecular flexibility index (Phi) is 14.0. The van der Waals surface area contributed by atoms with Crippen molar-refractivity contribution in [2.45, 2.75) is 0 Å². The molecule has 35 heavy (non-hydrogen) atoms. The molecule has 0 aliphatic carbocycles. The molecule has 2 N–H and O–H groups in total. The van der Waals surface area contributed by atoms with Gasteiger partial charge in [0.05, 0.1) is 0 Å². The van der Waals surface area contributed by atoms with Crippen LogP contribution in [-0.4, -0.2) is 5.48 Å². The van der Waals surface area contributed by atoms with Crippen molar-refractivity contribution in [2.24, 2.45) is 0 Å². The van der Waals surface area contributed by atoms with E-state index < -0.39 is 0 Å². The van der Waals surface area contributed by atoms with Gasteiger partial charge in [-0.25, -0.2) is 0 Å². The molecule has 4 aromatic rings. The van der Waals surface area contributed by atoms with Crippen LogP contribution < -0.4 is 0 Å². The monoisotopic (exact) mass is 1110 g/mol. The van der Waals surface area contributed by atoms with Crippen molar-refractivity contribution in [2.75, 3.05) is 0 Å². The second-order valence-corrected chi connectivity index (χ2v) is 14.6. The summed E-state index contributed by atoms with van der Waals surface area (Å²) in [4.78, 5) is 0. The van der Waals surface area contributed by atoms with E-state index in [1.807, 2.05) is 36.4 Å². The van der Waals surface area contributed by atoms with Crippen LogP contribution in [0.1, 0.15) is 0 Å². The van der Waals surface area contributed by atoms with Crippen molar-refractivity contribution in [3.63, 3.8) is 0 Å². The Morgan fingerprint density at radius 2 is 0.486 bits per heavy atom. The van der Waals surface area contributed by atoms with Crippen LogP contribution in [-0.2, 0) is 0 Å². The summed E-state index contributed by atoms with van der Waals surface area (Å²) in [5.41, 5.74) is 4.54. The van der Waals surface area contributed by atoms with Gasteiger partial charge < -0.3 is 5.48 Å². The number of hydrogen-bond acceptors (Lipinski definition) is 0. The SMILES string of the molecule is Brc1c(Br)c(Br)c(-c2ccccc2)c(Br)c1Br.Brc1c(Br)c(Br)c(-c2ccccc2)c(Br)c1Br.O. The van der Waals surface area contributed by atoms with E-state index >= 15 is 0 Å². The maximum Gasteiger partial charge on any atom is 0.0482 e. The molecular formula is C24H12Br10O. The van der Waals surface area contributed by atoms with E-state index in [1.54, 1.807) is 0 Å². The molecule has 4 rings (SSSR count). The van der Waals surface area contributed by atoms with Gasteiger partial charge in [-0.3, -0.25) is 0 Å². The average Bonchev–Trinajstić information content (AvgIpc) is 2.86. The Morgan fingerprint density at radius 1 is 0.286 bits per heavy atom. The smallest absolute Gasteiger partial charge is 0.0482 e. The highest BCUT2D eigenvalue weighted by Crippen LogP contribution is 2.49. The van der Waals surface area contributed by atoms with Crippen LogP contribution in [0.5, 0.6) is 0 Å². The topological polar surface area (TPSA) is 31.5 Å². The summed E-state index contributed by atoms with van der Waals surface area (Å²) >= 11 is 35.8. The highest BCUT2D eigenvalue weighted by atomic mass is 79.9. The third kappa shape index (κ3) is 7.44. The fourth-order valence-electron chi connectivity index (χ4n) is 2.93. The van der Waals surface area contributed by atoms with Gasteiger partial charge in [0.15, 0.2) is 0 Å². The summed E-state index contributed by atoms with van der Waals surface area (Å²) in [5.74, 6) is 0.